The van der Waals surface area contributed by atoms with Gasteiger partial charge in [-0.15, -0.1) is 0 Å². The highest BCUT2D eigenvalue weighted by Crippen LogP contribution is 2.21. The van der Waals surface area contributed by atoms with Crippen molar-refractivity contribution in [3.05, 3.63) is 216 Å². The third-order valence-corrected chi connectivity index (χ3v) is 8.89. The summed E-state index contributed by atoms with van der Waals surface area (Å²) in [6, 6.07) is 53.6. The van der Waals surface area contributed by atoms with Gasteiger partial charge in [0.05, 0.1) is 55.9 Å². The molecular weight excluding hydrogens is 904 g/mol. The van der Waals surface area contributed by atoms with Gasteiger partial charge in [0.15, 0.2) is 0 Å². The minimum Gasteiger partial charge on any atom is -1.00 e. The Labute approximate surface area is 408 Å². The Morgan fingerprint density at radius 2 is 0.897 bits per heavy atom. The van der Waals surface area contributed by atoms with Crippen molar-refractivity contribution in [1.29, 1.82) is 0 Å². The molecule has 8 rings (SSSR count). The molecule has 8 N–H and O–H groups in total. The molecule has 0 aliphatic rings. The molecule has 0 radical (unpaired) electrons. The second-order valence-corrected chi connectivity index (χ2v) is 13.9. The second kappa shape index (κ2) is 30.6. The van der Waals surface area contributed by atoms with Gasteiger partial charge in [-0.05, 0) is 137 Å². The molecule has 352 valence electrons. The normalized spacial score (nSPS) is 9.82. The number of azo groups is 2. The van der Waals surface area contributed by atoms with Crippen LogP contribution in [0.5, 0.6) is 11.5 Å². The molecule has 8 aromatic rings. The number of hydrogen-bond acceptors (Lipinski definition) is 13. The quantitative estimate of drug-likeness (QED) is 0.0534. The number of anilines is 4. The fourth-order valence-electron chi connectivity index (χ4n) is 5.23. The molecule has 0 saturated heterocycles. The van der Waals surface area contributed by atoms with Gasteiger partial charge in [-0.1, -0.05) is 42.5 Å². The number of aryl methyl sites for hydroxylation is 2. The lowest BCUT2D eigenvalue weighted by molar-refractivity contribution is -0.658. The van der Waals surface area contributed by atoms with E-state index in [1.807, 2.05) is 133 Å². The Bertz CT molecular complexity index is 2690. The Hall–Kier alpha value is -8.47. The number of nitro benzene ring substituents is 1. The van der Waals surface area contributed by atoms with Crippen LogP contribution in [0, 0.1) is 10.1 Å². The van der Waals surface area contributed by atoms with Gasteiger partial charge in [-0.3, -0.25) is 10.1 Å². The van der Waals surface area contributed by atoms with Crippen molar-refractivity contribution in [2.45, 2.75) is 6.42 Å². The van der Waals surface area contributed by atoms with E-state index in [1.54, 1.807) is 55.8 Å². The monoisotopic (exact) mass is 956 g/mol. The molecule has 0 fully saturated rings. The zero-order valence-corrected chi connectivity index (χ0v) is 39.5. The number of aromatic nitrogens is 3. The number of hydrogen-bond donors (Lipinski definition) is 4. The molecular formula is C50H54Cl2N12O4. The van der Waals surface area contributed by atoms with Crippen molar-refractivity contribution in [3.63, 3.8) is 0 Å². The van der Waals surface area contributed by atoms with Gasteiger partial charge in [0.1, 0.15) is 28.7 Å². The number of non-ortho nitro benzene ring substituents is 1. The predicted octanol–water partition coefficient (Wildman–Crippen LogP) is 4.16. The van der Waals surface area contributed by atoms with Crippen LogP contribution in [0.15, 0.2) is 215 Å². The van der Waals surface area contributed by atoms with Crippen molar-refractivity contribution in [2.24, 2.45) is 34.6 Å². The fourth-order valence-corrected chi connectivity index (χ4v) is 5.23. The van der Waals surface area contributed by atoms with E-state index in [4.69, 9.17) is 32.4 Å². The molecule has 0 saturated carbocycles. The SMILES string of the molecule is COc1ccc(N=Nc2cccc[n+]2C)cc1.COc1ccc([N+](=O)[O-])cc1.C[n+]1ccccc1N=Nc1ccc(Cc2ccc(N)cc2)cc1.Nc1ccc(N)cc1.Nc1ccccn1.[Cl-].[Cl-]. The van der Waals surface area contributed by atoms with Crippen LogP contribution < -0.4 is 66.4 Å². The molecule has 0 aliphatic heterocycles. The fraction of sp³-hybridized carbons (Fsp3) is 0.100. The minimum atomic E-state index is -0.445. The number of benzene rings is 5. The number of halogens is 2. The first kappa shape index (κ1) is 55.7. The highest BCUT2D eigenvalue weighted by atomic mass is 35.5. The zero-order valence-electron chi connectivity index (χ0n) is 38.0. The summed E-state index contributed by atoms with van der Waals surface area (Å²) < 4.78 is 13.7. The van der Waals surface area contributed by atoms with Crippen LogP contribution in [0.25, 0.3) is 0 Å². The van der Waals surface area contributed by atoms with Gasteiger partial charge < -0.3 is 57.2 Å². The van der Waals surface area contributed by atoms with E-state index in [0.29, 0.717) is 11.6 Å². The van der Waals surface area contributed by atoms with E-state index in [2.05, 4.69) is 49.7 Å². The highest BCUT2D eigenvalue weighted by Gasteiger charge is 2.06. The van der Waals surface area contributed by atoms with Crippen molar-refractivity contribution < 1.29 is 48.3 Å². The van der Waals surface area contributed by atoms with Crippen LogP contribution in [-0.2, 0) is 20.5 Å². The number of ether oxygens (including phenoxy) is 2. The molecule has 0 amide bonds. The molecule has 3 heterocycles. The maximum Gasteiger partial charge on any atom is 0.350 e. The van der Waals surface area contributed by atoms with E-state index < -0.39 is 4.92 Å². The third-order valence-electron chi connectivity index (χ3n) is 8.89. The second-order valence-electron chi connectivity index (χ2n) is 13.9. The van der Waals surface area contributed by atoms with Crippen LogP contribution in [-0.4, -0.2) is 24.1 Å². The summed E-state index contributed by atoms with van der Waals surface area (Å²) in [5, 5.41) is 27.1. The number of rotatable bonds is 9. The maximum absolute atomic E-state index is 10.2. The summed E-state index contributed by atoms with van der Waals surface area (Å²) in [5.74, 6) is 3.63. The molecule has 16 nitrogen and oxygen atoms in total. The summed E-state index contributed by atoms with van der Waals surface area (Å²) in [6.07, 6.45) is 6.42. The van der Waals surface area contributed by atoms with Crippen LogP contribution in [0.2, 0.25) is 0 Å². The van der Waals surface area contributed by atoms with E-state index >= 15 is 0 Å². The van der Waals surface area contributed by atoms with Gasteiger partial charge >= 0.3 is 11.6 Å². The Morgan fingerprint density at radius 3 is 1.25 bits per heavy atom. The molecule has 0 aliphatic carbocycles. The lowest BCUT2D eigenvalue weighted by atomic mass is 10.0. The molecule has 0 bridgehead atoms. The van der Waals surface area contributed by atoms with Crippen molar-refractivity contribution in [1.82, 2.24) is 4.98 Å². The van der Waals surface area contributed by atoms with Crippen LogP contribution in [0.1, 0.15) is 11.1 Å². The summed E-state index contributed by atoms with van der Waals surface area (Å²) in [7, 11) is 7.04. The number of pyridine rings is 3. The topological polar surface area (TPSA) is 236 Å². The number of nitrogen functional groups attached to an aromatic ring is 4. The highest BCUT2D eigenvalue weighted by molar-refractivity contribution is 5.48. The molecule has 0 atom stereocenters. The van der Waals surface area contributed by atoms with E-state index in [-0.39, 0.29) is 30.5 Å². The molecule has 0 spiro atoms. The van der Waals surface area contributed by atoms with E-state index in [0.717, 1.165) is 52.2 Å². The molecule has 5 aromatic carbocycles. The van der Waals surface area contributed by atoms with Crippen molar-refractivity contribution in [2.75, 3.05) is 37.2 Å². The van der Waals surface area contributed by atoms with E-state index in [1.165, 1.54) is 30.4 Å². The largest absolute Gasteiger partial charge is 1.00 e. The van der Waals surface area contributed by atoms with Crippen LogP contribution in [0.4, 0.5) is 51.6 Å². The van der Waals surface area contributed by atoms with Gasteiger partial charge in [0.2, 0.25) is 0 Å². The molecule has 3 aromatic heterocycles. The Morgan fingerprint density at radius 1 is 0.515 bits per heavy atom. The maximum atomic E-state index is 10.2. The minimum absolute atomic E-state index is 0. The van der Waals surface area contributed by atoms with Gasteiger partial charge in [-0.2, -0.15) is 0 Å². The van der Waals surface area contributed by atoms with Gasteiger partial charge in [0, 0.05) is 47.5 Å². The number of nitrogens with two attached hydrogens (primary N) is 4. The van der Waals surface area contributed by atoms with Crippen molar-refractivity contribution in [3.8, 4) is 11.5 Å². The predicted molar refractivity (Wildman–Crippen MR) is 260 cm³/mol. The number of methoxy groups -OCH3 is 2. The first-order chi connectivity index (χ1) is 31.9. The van der Waals surface area contributed by atoms with Crippen LogP contribution >= 0.6 is 0 Å². The van der Waals surface area contributed by atoms with Gasteiger partial charge in [0.25, 0.3) is 5.69 Å². The molecule has 0 unspecified atom stereocenters. The lowest BCUT2D eigenvalue weighted by Crippen LogP contribution is -3.00. The molecule has 18 heteroatoms. The summed E-state index contributed by atoms with van der Waals surface area (Å²) in [6.45, 7) is 0. The zero-order chi connectivity index (χ0) is 47.5. The Balaban J connectivity index is 0.000000310. The van der Waals surface area contributed by atoms with Crippen LogP contribution in [0.3, 0.4) is 0 Å². The average molecular weight is 958 g/mol. The van der Waals surface area contributed by atoms with Gasteiger partial charge in [-0.25, -0.2) is 14.1 Å². The smallest absolute Gasteiger partial charge is 0.350 e. The van der Waals surface area contributed by atoms with Crippen molar-refractivity contribution >= 4 is 51.6 Å². The standard InChI is InChI=1S/C19H19N4.C13H14N3O.C7H7NO3.C6H8N2.C5H6N2.2ClH/c1-23-13-3-2-4-19(23)22-21-18-11-7-16(8-12-18)14-15-5-9-17(20)10-6-15;1-16-10-4-3-5-13(16)15-14-11-6-8-12(17-2)9-7-11;1-11-7-4-2-6(3-5-7)8(9)10;7-5-1-2-6(8)4-3-5;6-5-3-1-2-4-7-5;;/h2-13H,14,20H2,1H3;3-10H,1-2H3;2-5H,1H3;1-4H,7-8H2;1-4H,(H2,6,7);2*1H/q2*+1;;;;;/p-2. The average Bonchev–Trinajstić information content (AvgIpc) is 3.34. The first-order valence-electron chi connectivity index (χ1n) is 20.3. The third kappa shape index (κ3) is 21.0. The summed E-state index contributed by atoms with van der Waals surface area (Å²) >= 11 is 0. The summed E-state index contributed by atoms with van der Waals surface area (Å²) in [4.78, 5) is 13.5. The van der Waals surface area contributed by atoms with E-state index in [9.17, 15) is 10.1 Å². The Kier molecular flexibility index (Phi) is 25.1. The number of nitrogens with zero attached hydrogens (tertiary/aromatic N) is 8. The first-order valence-corrected chi connectivity index (χ1v) is 20.3. The molecule has 68 heavy (non-hydrogen) atoms. The number of nitro groups is 1. The summed E-state index contributed by atoms with van der Waals surface area (Å²) in [5.41, 5.74) is 28.2. The lowest BCUT2D eigenvalue weighted by Gasteiger charge is -2.02.